The smallest absolute Gasteiger partial charge is 0.161 e. The van der Waals surface area contributed by atoms with Crippen LogP contribution in [0.15, 0.2) is 18.2 Å². The Labute approximate surface area is 133 Å². The fraction of sp³-hybridized carbons (Fsp3) is 0.667. The molecular weight excluding hydrogens is 278 g/mol. The van der Waals surface area contributed by atoms with Crippen LogP contribution in [0.25, 0.3) is 0 Å². The first-order valence-corrected chi connectivity index (χ1v) is 8.47. The molecule has 2 heterocycles. The molecule has 4 heteroatoms. The second kappa shape index (κ2) is 7.84. The number of methoxy groups -OCH3 is 1. The van der Waals surface area contributed by atoms with Crippen molar-refractivity contribution < 1.29 is 14.2 Å². The summed E-state index contributed by atoms with van der Waals surface area (Å²) in [5.41, 5.74) is 1.33. The second-order valence-corrected chi connectivity index (χ2v) is 6.36. The third kappa shape index (κ3) is 4.14. The fourth-order valence-electron chi connectivity index (χ4n) is 3.36. The average molecular weight is 305 g/mol. The highest BCUT2D eigenvalue weighted by Gasteiger charge is 2.19. The Balaban J connectivity index is 1.67. The molecule has 122 valence electrons. The summed E-state index contributed by atoms with van der Waals surface area (Å²) >= 11 is 0. The van der Waals surface area contributed by atoms with Crippen LogP contribution in [0.5, 0.6) is 11.5 Å². The fourth-order valence-corrected chi connectivity index (χ4v) is 3.36. The van der Waals surface area contributed by atoms with Gasteiger partial charge in [0.05, 0.1) is 13.7 Å². The number of benzene rings is 1. The molecular formula is C18H27NO3. The van der Waals surface area contributed by atoms with Gasteiger partial charge in [-0.2, -0.15) is 0 Å². The van der Waals surface area contributed by atoms with Gasteiger partial charge in [-0.3, -0.25) is 0 Å². The first kappa shape index (κ1) is 15.6. The maximum atomic E-state index is 6.14. The van der Waals surface area contributed by atoms with E-state index in [1.165, 1.54) is 18.4 Å². The van der Waals surface area contributed by atoms with E-state index in [9.17, 15) is 0 Å². The predicted octanol–water partition coefficient (Wildman–Crippen LogP) is 2.80. The third-order valence-electron chi connectivity index (χ3n) is 4.56. The highest BCUT2D eigenvalue weighted by atomic mass is 16.5. The van der Waals surface area contributed by atoms with Crippen LogP contribution in [0, 0.1) is 5.92 Å². The highest BCUT2D eigenvalue weighted by Crippen LogP contribution is 2.31. The van der Waals surface area contributed by atoms with Crippen LogP contribution < -0.4 is 14.8 Å². The highest BCUT2D eigenvalue weighted by molar-refractivity contribution is 5.43. The van der Waals surface area contributed by atoms with Crippen molar-refractivity contribution in [3.63, 3.8) is 0 Å². The van der Waals surface area contributed by atoms with Gasteiger partial charge in [-0.05, 0) is 68.8 Å². The maximum absolute atomic E-state index is 6.14. The zero-order valence-electron chi connectivity index (χ0n) is 13.5. The van der Waals surface area contributed by atoms with E-state index >= 15 is 0 Å². The molecule has 22 heavy (non-hydrogen) atoms. The van der Waals surface area contributed by atoms with Crippen molar-refractivity contribution in [2.24, 2.45) is 5.92 Å². The van der Waals surface area contributed by atoms with Crippen molar-refractivity contribution in [1.29, 1.82) is 0 Å². The molecule has 0 radical (unpaired) electrons. The monoisotopic (exact) mass is 305 g/mol. The van der Waals surface area contributed by atoms with E-state index in [4.69, 9.17) is 14.2 Å². The van der Waals surface area contributed by atoms with Gasteiger partial charge in [0.2, 0.25) is 0 Å². The van der Waals surface area contributed by atoms with Crippen LogP contribution in [0.4, 0.5) is 0 Å². The van der Waals surface area contributed by atoms with Crippen LogP contribution >= 0.6 is 0 Å². The van der Waals surface area contributed by atoms with E-state index in [0.29, 0.717) is 6.61 Å². The van der Waals surface area contributed by atoms with Crippen LogP contribution in [0.2, 0.25) is 0 Å². The number of ether oxygens (including phenoxy) is 3. The van der Waals surface area contributed by atoms with Crippen LogP contribution in [0.3, 0.4) is 0 Å². The van der Waals surface area contributed by atoms with Crippen molar-refractivity contribution in [2.45, 2.75) is 38.2 Å². The van der Waals surface area contributed by atoms with Gasteiger partial charge in [0.15, 0.2) is 11.5 Å². The third-order valence-corrected chi connectivity index (χ3v) is 4.56. The molecule has 0 aromatic heterocycles. The summed E-state index contributed by atoms with van der Waals surface area (Å²) in [5.74, 6) is 2.41. The van der Waals surface area contributed by atoms with Gasteiger partial charge in [-0.15, -0.1) is 0 Å². The Kier molecular flexibility index (Phi) is 5.57. The van der Waals surface area contributed by atoms with Crippen molar-refractivity contribution in [3.8, 4) is 11.5 Å². The summed E-state index contributed by atoms with van der Waals surface area (Å²) in [6.07, 6.45) is 5.97. The predicted molar refractivity (Wildman–Crippen MR) is 86.8 cm³/mol. The average Bonchev–Trinajstić information content (AvgIpc) is 2.57. The molecule has 2 aliphatic heterocycles. The first-order chi connectivity index (χ1) is 10.8. The zero-order valence-corrected chi connectivity index (χ0v) is 13.5. The lowest BCUT2D eigenvalue weighted by Gasteiger charge is -2.25. The van der Waals surface area contributed by atoms with Gasteiger partial charge in [0.1, 0.15) is 6.10 Å². The van der Waals surface area contributed by atoms with Gasteiger partial charge >= 0.3 is 0 Å². The number of hydrogen-bond acceptors (Lipinski definition) is 4. The molecule has 2 fully saturated rings. The SMILES string of the molecule is COc1ccc(CC2CCCNC2)cc1OC1CCCOC1. The minimum Gasteiger partial charge on any atom is -0.493 e. The van der Waals surface area contributed by atoms with E-state index in [-0.39, 0.29) is 6.10 Å². The van der Waals surface area contributed by atoms with Gasteiger partial charge in [0.25, 0.3) is 0 Å². The lowest BCUT2D eigenvalue weighted by molar-refractivity contribution is 0.00640. The normalized spacial score (nSPS) is 25.7. The summed E-state index contributed by atoms with van der Waals surface area (Å²) in [6.45, 7) is 3.82. The summed E-state index contributed by atoms with van der Waals surface area (Å²) in [4.78, 5) is 0. The first-order valence-electron chi connectivity index (χ1n) is 8.47. The standard InChI is InChI=1S/C18H27NO3/c1-20-17-7-6-14(10-15-4-2-8-19-12-15)11-18(17)22-16-5-3-9-21-13-16/h6-7,11,15-16,19H,2-5,8-10,12-13H2,1H3. The summed E-state index contributed by atoms with van der Waals surface area (Å²) in [6, 6.07) is 6.35. The molecule has 0 bridgehead atoms. The Hall–Kier alpha value is -1.26. The summed E-state index contributed by atoms with van der Waals surface area (Å²) < 4.78 is 17.1. The van der Waals surface area contributed by atoms with Crippen LogP contribution in [-0.2, 0) is 11.2 Å². The molecule has 1 aromatic carbocycles. The molecule has 0 aliphatic carbocycles. The second-order valence-electron chi connectivity index (χ2n) is 6.36. The molecule has 2 unspecified atom stereocenters. The topological polar surface area (TPSA) is 39.7 Å². The van der Waals surface area contributed by atoms with Gasteiger partial charge in [-0.25, -0.2) is 0 Å². The van der Waals surface area contributed by atoms with E-state index < -0.39 is 0 Å². The molecule has 3 rings (SSSR count). The molecule has 2 saturated heterocycles. The minimum absolute atomic E-state index is 0.147. The lowest BCUT2D eigenvalue weighted by Crippen LogP contribution is -2.31. The van der Waals surface area contributed by atoms with Crippen molar-refractivity contribution in [1.82, 2.24) is 5.32 Å². The number of piperidine rings is 1. The molecule has 0 amide bonds. The van der Waals surface area contributed by atoms with Crippen LogP contribution in [-0.4, -0.2) is 39.5 Å². The Morgan fingerprint density at radius 1 is 1.23 bits per heavy atom. The van der Waals surface area contributed by atoms with E-state index in [1.54, 1.807) is 7.11 Å². The quantitative estimate of drug-likeness (QED) is 0.908. The van der Waals surface area contributed by atoms with Gasteiger partial charge in [-0.1, -0.05) is 6.07 Å². The minimum atomic E-state index is 0.147. The molecule has 4 nitrogen and oxygen atoms in total. The van der Waals surface area contributed by atoms with E-state index in [1.807, 2.05) is 6.07 Å². The van der Waals surface area contributed by atoms with Crippen LogP contribution in [0.1, 0.15) is 31.2 Å². The largest absolute Gasteiger partial charge is 0.493 e. The van der Waals surface area contributed by atoms with Crippen molar-refractivity contribution in [2.75, 3.05) is 33.4 Å². The molecule has 1 N–H and O–H groups in total. The lowest BCUT2D eigenvalue weighted by atomic mass is 9.92. The van der Waals surface area contributed by atoms with E-state index in [0.717, 1.165) is 56.4 Å². The number of rotatable bonds is 5. The Morgan fingerprint density at radius 3 is 2.91 bits per heavy atom. The maximum Gasteiger partial charge on any atom is 0.161 e. The molecule has 0 spiro atoms. The molecule has 1 aromatic rings. The van der Waals surface area contributed by atoms with Crippen molar-refractivity contribution in [3.05, 3.63) is 23.8 Å². The Bertz CT molecular complexity index is 465. The van der Waals surface area contributed by atoms with E-state index in [2.05, 4.69) is 17.4 Å². The molecule has 0 saturated carbocycles. The molecule has 2 atom stereocenters. The van der Waals surface area contributed by atoms with Gasteiger partial charge < -0.3 is 19.5 Å². The van der Waals surface area contributed by atoms with Gasteiger partial charge in [0, 0.05) is 6.61 Å². The zero-order chi connectivity index (χ0) is 15.2. The number of hydrogen-bond donors (Lipinski definition) is 1. The van der Waals surface area contributed by atoms with Crippen molar-refractivity contribution >= 4 is 0 Å². The Morgan fingerprint density at radius 2 is 2.18 bits per heavy atom. The number of nitrogens with one attached hydrogen (secondary N) is 1. The summed E-state index contributed by atoms with van der Waals surface area (Å²) in [7, 11) is 1.70. The summed E-state index contributed by atoms with van der Waals surface area (Å²) in [5, 5.41) is 3.49. The molecule has 2 aliphatic rings.